The van der Waals surface area contributed by atoms with Crippen molar-refractivity contribution in [1.29, 1.82) is 0 Å². The second-order valence-corrected chi connectivity index (χ2v) is 6.07. The summed E-state index contributed by atoms with van der Waals surface area (Å²) in [6.07, 6.45) is 3.96. The fourth-order valence-corrected chi connectivity index (χ4v) is 2.28. The Morgan fingerprint density at radius 1 is 1.18 bits per heavy atom. The van der Waals surface area contributed by atoms with Crippen LogP contribution in [0.2, 0.25) is 0 Å². The van der Waals surface area contributed by atoms with Crippen LogP contribution in [-0.2, 0) is 21.1 Å². The Morgan fingerprint density at radius 2 is 1.68 bits per heavy atom. The number of quaternary nitrogens is 1. The Morgan fingerprint density at radius 3 is 2.00 bits per heavy atom. The molecule has 0 aliphatic carbocycles. The zero-order chi connectivity index (χ0) is 17.1. The van der Waals surface area contributed by atoms with Crippen molar-refractivity contribution in [2.24, 2.45) is 0 Å². The maximum Gasteiger partial charge on any atom is 0.217 e. The van der Waals surface area contributed by atoms with Crippen LogP contribution in [0.4, 0.5) is 0 Å². The molecule has 6 heteroatoms. The van der Waals surface area contributed by atoms with E-state index in [9.17, 15) is 13.0 Å². The smallest absolute Gasteiger partial charge is 0.217 e. The average Bonchev–Trinajstić information content (AvgIpc) is 2.39. The Bertz CT molecular complexity index is 531. The van der Waals surface area contributed by atoms with Crippen molar-refractivity contribution in [3.05, 3.63) is 61.2 Å². The molecule has 0 atom stereocenters. The van der Waals surface area contributed by atoms with Gasteiger partial charge in [-0.2, -0.15) is 0 Å². The van der Waals surface area contributed by atoms with Crippen LogP contribution in [-0.4, -0.2) is 44.2 Å². The highest BCUT2D eigenvalue weighted by atomic mass is 32.3. The van der Waals surface area contributed by atoms with Crippen LogP contribution in [0.1, 0.15) is 12.5 Å². The third-order valence-electron chi connectivity index (χ3n) is 2.81. The van der Waals surface area contributed by atoms with E-state index in [1.54, 1.807) is 0 Å². The Labute approximate surface area is 134 Å². The van der Waals surface area contributed by atoms with Gasteiger partial charge in [-0.25, -0.2) is 8.42 Å². The first kappa shape index (κ1) is 20.5. The van der Waals surface area contributed by atoms with Crippen LogP contribution in [0.15, 0.2) is 55.6 Å². The molecule has 0 heterocycles. The van der Waals surface area contributed by atoms with E-state index in [-0.39, 0.29) is 6.61 Å². The van der Waals surface area contributed by atoms with Crippen LogP contribution in [0.5, 0.6) is 0 Å². The molecule has 0 spiro atoms. The first-order valence-electron chi connectivity index (χ1n) is 6.96. The number of hydrogen-bond acceptors (Lipinski definition) is 4. The first-order valence-corrected chi connectivity index (χ1v) is 8.29. The van der Waals surface area contributed by atoms with Gasteiger partial charge in [-0.15, -0.1) is 0 Å². The summed E-state index contributed by atoms with van der Waals surface area (Å²) in [4.78, 5) is 0. The molecule has 5 nitrogen and oxygen atoms in total. The summed E-state index contributed by atoms with van der Waals surface area (Å²) in [6.45, 7) is 11.9. The lowest BCUT2D eigenvalue weighted by Gasteiger charge is -2.32. The monoisotopic (exact) mass is 327 g/mol. The summed E-state index contributed by atoms with van der Waals surface area (Å²) < 4.78 is 32.9. The normalized spacial score (nSPS) is 11.2. The number of benzene rings is 1. The molecule has 0 bridgehead atoms. The summed E-state index contributed by atoms with van der Waals surface area (Å²) >= 11 is 0. The van der Waals surface area contributed by atoms with Gasteiger partial charge in [0.05, 0.1) is 26.7 Å². The molecule has 124 valence electrons. The SMILES string of the molecule is C=CC[N+](C)(CC=C)Cc1ccccc1.CCOS(=O)(=O)[O-]. The Balaban J connectivity index is 0.000000534. The zero-order valence-electron chi connectivity index (χ0n) is 13.3. The number of likely N-dealkylation sites (N-methyl/N-ethyl adjacent to an activating group) is 1. The summed E-state index contributed by atoms with van der Waals surface area (Å²) in [5.74, 6) is 0. The van der Waals surface area contributed by atoms with Gasteiger partial charge in [0.25, 0.3) is 0 Å². The van der Waals surface area contributed by atoms with Crippen molar-refractivity contribution in [2.45, 2.75) is 13.5 Å². The van der Waals surface area contributed by atoms with Gasteiger partial charge in [-0.05, 0) is 19.1 Å². The highest BCUT2D eigenvalue weighted by Crippen LogP contribution is 2.11. The second-order valence-electron chi connectivity index (χ2n) is 5.02. The highest BCUT2D eigenvalue weighted by molar-refractivity contribution is 7.80. The van der Waals surface area contributed by atoms with Gasteiger partial charge in [-0.3, -0.25) is 4.18 Å². The van der Waals surface area contributed by atoms with Crippen LogP contribution in [0.25, 0.3) is 0 Å². The predicted octanol–water partition coefficient (Wildman–Crippen LogP) is 2.49. The third kappa shape index (κ3) is 10.3. The lowest BCUT2D eigenvalue weighted by molar-refractivity contribution is -0.911. The van der Waals surface area contributed by atoms with Gasteiger partial charge >= 0.3 is 0 Å². The summed E-state index contributed by atoms with van der Waals surface area (Å²) in [5, 5.41) is 0. The fourth-order valence-electron chi connectivity index (χ4n) is 2.00. The molecule has 0 aliphatic heterocycles. The van der Waals surface area contributed by atoms with Crippen molar-refractivity contribution in [1.82, 2.24) is 0 Å². The molecule has 0 saturated carbocycles. The number of rotatable bonds is 8. The van der Waals surface area contributed by atoms with Crippen molar-refractivity contribution >= 4 is 10.4 Å². The molecule has 0 saturated heterocycles. The Kier molecular flexibility index (Phi) is 9.60. The minimum absolute atomic E-state index is 0.0914. The molecule has 0 aliphatic rings. The molecular formula is C16H25NO4S. The van der Waals surface area contributed by atoms with E-state index >= 15 is 0 Å². The van der Waals surface area contributed by atoms with Crippen molar-refractivity contribution < 1.29 is 21.6 Å². The molecule has 1 aromatic rings. The van der Waals surface area contributed by atoms with E-state index in [4.69, 9.17) is 0 Å². The van der Waals surface area contributed by atoms with Gasteiger partial charge in [0.15, 0.2) is 0 Å². The van der Waals surface area contributed by atoms with Crippen LogP contribution >= 0.6 is 0 Å². The lowest BCUT2D eigenvalue weighted by Crippen LogP contribution is -2.43. The molecule has 0 radical (unpaired) electrons. The summed E-state index contributed by atoms with van der Waals surface area (Å²) in [6, 6.07) is 10.6. The van der Waals surface area contributed by atoms with Crippen molar-refractivity contribution in [2.75, 3.05) is 26.7 Å². The minimum Gasteiger partial charge on any atom is -0.726 e. The quantitative estimate of drug-likeness (QED) is 0.318. The van der Waals surface area contributed by atoms with E-state index in [1.807, 2.05) is 12.2 Å². The highest BCUT2D eigenvalue weighted by Gasteiger charge is 2.18. The molecule has 0 N–H and O–H groups in total. The van der Waals surface area contributed by atoms with E-state index in [0.717, 1.165) is 24.1 Å². The summed E-state index contributed by atoms with van der Waals surface area (Å²) in [5.41, 5.74) is 1.36. The lowest BCUT2D eigenvalue weighted by atomic mass is 10.2. The van der Waals surface area contributed by atoms with Crippen molar-refractivity contribution in [3.8, 4) is 0 Å². The number of nitrogens with zero attached hydrogens (tertiary/aromatic N) is 1. The average molecular weight is 327 g/mol. The standard InChI is InChI=1S/C14H20N.C2H6O4S/c1-4-11-15(3,12-5-2)13-14-9-7-6-8-10-14;1-2-6-7(3,4)5/h4-10H,1-2,11-13H2,3H3;2H2,1H3,(H,3,4,5)/q+1;/p-1. The van der Waals surface area contributed by atoms with E-state index < -0.39 is 10.4 Å². The molecule has 0 fully saturated rings. The topological polar surface area (TPSA) is 66.4 Å². The van der Waals surface area contributed by atoms with E-state index in [2.05, 4.69) is 54.7 Å². The van der Waals surface area contributed by atoms with Gasteiger partial charge < -0.3 is 9.04 Å². The molecule has 0 unspecified atom stereocenters. The van der Waals surface area contributed by atoms with Gasteiger partial charge in [0, 0.05) is 5.56 Å². The van der Waals surface area contributed by atoms with E-state index in [0.29, 0.717) is 0 Å². The first-order chi connectivity index (χ1) is 10.3. The molecule has 22 heavy (non-hydrogen) atoms. The predicted molar refractivity (Wildman–Crippen MR) is 87.8 cm³/mol. The second kappa shape index (κ2) is 10.3. The van der Waals surface area contributed by atoms with Crippen molar-refractivity contribution in [3.63, 3.8) is 0 Å². The van der Waals surface area contributed by atoms with Gasteiger partial charge in [0.2, 0.25) is 10.4 Å². The Hall–Kier alpha value is -1.47. The third-order valence-corrected chi connectivity index (χ3v) is 3.33. The molecule has 0 aromatic heterocycles. The summed E-state index contributed by atoms with van der Waals surface area (Å²) in [7, 11) is -2.19. The van der Waals surface area contributed by atoms with E-state index in [1.165, 1.54) is 12.5 Å². The molecule has 1 rings (SSSR count). The van der Waals surface area contributed by atoms with Gasteiger partial charge in [-0.1, -0.05) is 43.5 Å². The minimum atomic E-state index is -4.42. The maximum atomic E-state index is 9.45. The molecular weight excluding hydrogens is 302 g/mol. The van der Waals surface area contributed by atoms with Crippen LogP contribution in [0, 0.1) is 0 Å². The zero-order valence-corrected chi connectivity index (χ0v) is 14.1. The largest absolute Gasteiger partial charge is 0.726 e. The number of hydrogen-bond donors (Lipinski definition) is 0. The van der Waals surface area contributed by atoms with Crippen LogP contribution < -0.4 is 0 Å². The molecule has 0 amide bonds. The van der Waals surface area contributed by atoms with Crippen LogP contribution in [0.3, 0.4) is 0 Å². The fraction of sp³-hybridized carbons (Fsp3) is 0.375. The maximum absolute atomic E-state index is 9.45. The molecule has 1 aromatic carbocycles. The van der Waals surface area contributed by atoms with Gasteiger partial charge in [0.1, 0.15) is 6.54 Å².